The van der Waals surface area contributed by atoms with Gasteiger partial charge >= 0.3 is 0 Å². The first-order valence-electron chi connectivity index (χ1n) is 6.84. The van der Waals surface area contributed by atoms with Crippen LogP contribution in [-0.4, -0.2) is 10.8 Å². The zero-order valence-corrected chi connectivity index (χ0v) is 13.4. The summed E-state index contributed by atoms with van der Waals surface area (Å²) in [6.07, 6.45) is 2.89. The number of allylic oxidation sites excluding steroid dienone is 1. The van der Waals surface area contributed by atoms with E-state index in [4.69, 9.17) is 23.2 Å². The molecule has 0 aliphatic rings. The van der Waals surface area contributed by atoms with Gasteiger partial charge in [0.15, 0.2) is 5.78 Å². The van der Waals surface area contributed by atoms with Gasteiger partial charge in [0.25, 0.3) is 5.56 Å². The molecule has 0 saturated carbocycles. The maximum atomic E-state index is 12.3. The second kappa shape index (κ2) is 6.41. The Morgan fingerprint density at radius 1 is 1.04 bits per heavy atom. The molecule has 0 unspecified atom stereocenters. The number of halogens is 2. The molecule has 23 heavy (non-hydrogen) atoms. The average molecular weight is 344 g/mol. The molecule has 0 saturated heterocycles. The van der Waals surface area contributed by atoms with Crippen LogP contribution in [0, 0.1) is 0 Å². The number of rotatable bonds is 3. The highest BCUT2D eigenvalue weighted by Gasteiger charge is 2.09. The number of hydrogen-bond donors (Lipinski definition) is 1. The Morgan fingerprint density at radius 3 is 2.61 bits per heavy atom. The van der Waals surface area contributed by atoms with Crippen molar-refractivity contribution in [2.75, 3.05) is 0 Å². The Labute approximate surface area is 142 Å². The molecule has 0 bridgehead atoms. The van der Waals surface area contributed by atoms with Gasteiger partial charge in [-0.05, 0) is 47.4 Å². The second-order valence-electron chi connectivity index (χ2n) is 4.96. The van der Waals surface area contributed by atoms with Gasteiger partial charge in [0.05, 0.1) is 5.56 Å². The first-order valence-corrected chi connectivity index (χ1v) is 7.60. The molecule has 5 heteroatoms. The molecule has 2 aromatic carbocycles. The minimum atomic E-state index is -0.416. The van der Waals surface area contributed by atoms with Gasteiger partial charge in [-0.1, -0.05) is 47.5 Å². The maximum Gasteiger partial charge on any atom is 0.259 e. The van der Waals surface area contributed by atoms with Crippen LogP contribution in [0.25, 0.3) is 17.0 Å². The standard InChI is InChI=1S/C18H11Cl2NO2/c19-13-7-5-11(15(20)10-13)6-8-17(22)14-9-12-3-1-2-4-16(12)21-18(14)23/h1-10H,(H,21,23)/b8-6-. The van der Waals surface area contributed by atoms with Crippen molar-refractivity contribution in [3.8, 4) is 0 Å². The molecule has 0 amide bonds. The molecule has 0 radical (unpaired) electrons. The quantitative estimate of drug-likeness (QED) is 0.552. The van der Waals surface area contributed by atoms with E-state index in [9.17, 15) is 9.59 Å². The van der Waals surface area contributed by atoms with Crippen molar-refractivity contribution in [2.24, 2.45) is 0 Å². The lowest BCUT2D eigenvalue weighted by Crippen LogP contribution is -2.16. The molecule has 1 heterocycles. The second-order valence-corrected chi connectivity index (χ2v) is 5.81. The molecule has 3 nitrogen and oxygen atoms in total. The van der Waals surface area contributed by atoms with E-state index in [1.54, 1.807) is 36.4 Å². The average Bonchev–Trinajstić information content (AvgIpc) is 2.53. The number of H-pyrrole nitrogens is 1. The number of fused-ring (bicyclic) bond motifs is 1. The Hall–Kier alpha value is -2.36. The third kappa shape index (κ3) is 3.36. The fraction of sp³-hybridized carbons (Fsp3) is 0. The smallest absolute Gasteiger partial charge is 0.259 e. The van der Waals surface area contributed by atoms with Crippen molar-refractivity contribution in [3.05, 3.63) is 86.1 Å². The fourth-order valence-corrected chi connectivity index (χ4v) is 2.69. The third-order valence-corrected chi connectivity index (χ3v) is 3.96. The molecule has 114 valence electrons. The van der Waals surface area contributed by atoms with Gasteiger partial charge in [-0.2, -0.15) is 0 Å². The molecule has 0 atom stereocenters. The molecule has 0 fully saturated rings. The molecule has 0 spiro atoms. The maximum absolute atomic E-state index is 12.3. The van der Waals surface area contributed by atoms with Gasteiger partial charge in [-0.15, -0.1) is 0 Å². The lowest BCUT2D eigenvalue weighted by atomic mass is 10.1. The molecule has 0 aliphatic heterocycles. The summed E-state index contributed by atoms with van der Waals surface area (Å²) in [6.45, 7) is 0. The van der Waals surface area contributed by atoms with Crippen LogP contribution in [0.5, 0.6) is 0 Å². The number of carbonyl (C=O) groups is 1. The van der Waals surface area contributed by atoms with Crippen LogP contribution in [0.1, 0.15) is 15.9 Å². The lowest BCUT2D eigenvalue weighted by molar-refractivity contribution is 0.104. The van der Waals surface area contributed by atoms with Gasteiger partial charge < -0.3 is 4.98 Å². The summed E-state index contributed by atoms with van der Waals surface area (Å²) in [6, 6.07) is 13.9. The molecule has 3 aromatic rings. The largest absolute Gasteiger partial charge is 0.321 e. The molecular formula is C18H11Cl2NO2. The summed E-state index contributed by atoms with van der Waals surface area (Å²) in [5.41, 5.74) is 1.02. The normalized spacial score (nSPS) is 11.2. The topological polar surface area (TPSA) is 49.9 Å². The zero-order chi connectivity index (χ0) is 16.4. The number of benzene rings is 2. The van der Waals surface area contributed by atoms with Crippen LogP contribution in [0.15, 0.2) is 59.4 Å². The van der Waals surface area contributed by atoms with Crippen molar-refractivity contribution in [1.82, 2.24) is 4.98 Å². The van der Waals surface area contributed by atoms with Crippen LogP contribution in [0.2, 0.25) is 10.0 Å². The van der Waals surface area contributed by atoms with Crippen molar-refractivity contribution >= 4 is 46.0 Å². The van der Waals surface area contributed by atoms with E-state index in [1.165, 1.54) is 6.08 Å². The number of aromatic nitrogens is 1. The number of hydrogen-bond acceptors (Lipinski definition) is 2. The summed E-state index contributed by atoms with van der Waals surface area (Å²) in [7, 11) is 0. The van der Waals surface area contributed by atoms with Crippen molar-refractivity contribution in [1.29, 1.82) is 0 Å². The van der Waals surface area contributed by atoms with Crippen molar-refractivity contribution in [2.45, 2.75) is 0 Å². The summed E-state index contributed by atoms with van der Waals surface area (Å²) >= 11 is 11.9. The minimum absolute atomic E-state index is 0.0880. The first-order chi connectivity index (χ1) is 11.0. The number of pyridine rings is 1. The molecular weight excluding hydrogens is 333 g/mol. The highest BCUT2D eigenvalue weighted by Crippen LogP contribution is 2.22. The van der Waals surface area contributed by atoms with E-state index in [0.717, 1.165) is 5.39 Å². The first kappa shape index (κ1) is 15.5. The van der Waals surface area contributed by atoms with Crippen LogP contribution >= 0.6 is 23.2 Å². The summed E-state index contributed by atoms with van der Waals surface area (Å²) in [5, 5.41) is 1.76. The van der Waals surface area contributed by atoms with E-state index >= 15 is 0 Å². The van der Waals surface area contributed by atoms with E-state index in [1.807, 2.05) is 18.2 Å². The van der Waals surface area contributed by atoms with Crippen LogP contribution < -0.4 is 5.56 Å². The van der Waals surface area contributed by atoms with Gasteiger partial charge in [0, 0.05) is 15.6 Å². The molecule has 0 aliphatic carbocycles. The van der Waals surface area contributed by atoms with E-state index in [0.29, 0.717) is 21.1 Å². The highest BCUT2D eigenvalue weighted by atomic mass is 35.5. The third-order valence-electron chi connectivity index (χ3n) is 3.40. The Balaban J connectivity index is 1.95. The lowest BCUT2D eigenvalue weighted by Gasteiger charge is -2.01. The summed E-state index contributed by atoms with van der Waals surface area (Å²) < 4.78 is 0. The Morgan fingerprint density at radius 2 is 1.83 bits per heavy atom. The molecule has 1 aromatic heterocycles. The zero-order valence-electron chi connectivity index (χ0n) is 11.8. The highest BCUT2D eigenvalue weighted by molar-refractivity contribution is 6.35. The SMILES string of the molecule is O=C(/C=C\c1ccc(Cl)cc1Cl)c1cc2ccccc2[nH]c1=O. The monoisotopic (exact) mass is 343 g/mol. The minimum Gasteiger partial charge on any atom is -0.321 e. The number of carbonyl (C=O) groups excluding carboxylic acids is 1. The fourth-order valence-electron chi connectivity index (χ4n) is 2.22. The summed E-state index contributed by atoms with van der Waals surface area (Å²) in [4.78, 5) is 27.0. The van der Waals surface area contributed by atoms with Crippen molar-refractivity contribution < 1.29 is 4.79 Å². The van der Waals surface area contributed by atoms with Crippen molar-refractivity contribution in [3.63, 3.8) is 0 Å². The number of ketones is 1. The Bertz CT molecular complexity index is 990. The number of aromatic amines is 1. The number of para-hydroxylation sites is 1. The van der Waals surface area contributed by atoms with E-state index in [2.05, 4.69) is 4.98 Å². The van der Waals surface area contributed by atoms with Crippen LogP contribution in [0.3, 0.4) is 0 Å². The van der Waals surface area contributed by atoms with Crippen LogP contribution in [-0.2, 0) is 0 Å². The van der Waals surface area contributed by atoms with Gasteiger partial charge in [-0.3, -0.25) is 9.59 Å². The number of nitrogens with one attached hydrogen (secondary N) is 1. The van der Waals surface area contributed by atoms with Gasteiger partial charge in [0.2, 0.25) is 0 Å². The Kier molecular flexibility index (Phi) is 4.33. The van der Waals surface area contributed by atoms with Gasteiger partial charge in [0.1, 0.15) is 0 Å². The van der Waals surface area contributed by atoms with Crippen LogP contribution in [0.4, 0.5) is 0 Å². The molecule has 3 rings (SSSR count). The van der Waals surface area contributed by atoms with E-state index in [-0.39, 0.29) is 11.3 Å². The predicted octanol–water partition coefficient (Wildman–Crippen LogP) is 4.73. The summed E-state index contributed by atoms with van der Waals surface area (Å²) in [5.74, 6) is -0.386. The molecule has 1 N–H and O–H groups in total. The van der Waals surface area contributed by atoms with E-state index < -0.39 is 5.56 Å². The van der Waals surface area contributed by atoms with Gasteiger partial charge in [-0.25, -0.2) is 0 Å². The predicted molar refractivity (Wildman–Crippen MR) is 94.4 cm³/mol.